The number of nitrogens with one attached hydrogen (secondary N) is 2. The van der Waals surface area contributed by atoms with Crippen molar-refractivity contribution in [3.8, 4) is 5.75 Å². The van der Waals surface area contributed by atoms with E-state index in [-0.39, 0.29) is 24.8 Å². The predicted octanol–water partition coefficient (Wildman–Crippen LogP) is 0.720. The molecule has 0 saturated carbocycles. The molecular formula is C19H28FN3O6S. The Kier molecular flexibility index (Phi) is 7.50. The number of halogens is 1. The first kappa shape index (κ1) is 22.7. The smallest absolute Gasteiger partial charge is 0.326 e. The van der Waals surface area contributed by atoms with Crippen LogP contribution in [0.15, 0.2) is 6.07 Å². The molecule has 0 radical (unpaired) electrons. The molecule has 1 aromatic carbocycles. The summed E-state index contributed by atoms with van der Waals surface area (Å²) < 4.78 is 58.8. The first-order chi connectivity index (χ1) is 14.4. The lowest BCUT2D eigenvalue weighted by Gasteiger charge is -2.22. The predicted molar refractivity (Wildman–Crippen MR) is 108 cm³/mol. The molecule has 1 aliphatic carbocycles. The molecule has 1 atom stereocenters. The monoisotopic (exact) mass is 445 g/mol. The van der Waals surface area contributed by atoms with E-state index in [1.165, 1.54) is 7.11 Å². The third-order valence-corrected chi connectivity index (χ3v) is 6.69. The fraction of sp³-hybridized carbons (Fsp3) is 0.632. The van der Waals surface area contributed by atoms with Crippen molar-refractivity contribution in [2.45, 2.75) is 25.7 Å². The Balaban J connectivity index is 1.95. The Morgan fingerprint density at radius 1 is 1.30 bits per heavy atom. The quantitative estimate of drug-likeness (QED) is 0.328. The molecule has 168 valence electrons. The Bertz CT molecular complexity index is 880. The average Bonchev–Trinajstić information content (AvgIpc) is 2.84. The SMILES string of the molecule is CNC[C@H]1CCc2cc(OCOCCOC)c(N3CC(=O)NS3(=O)=O)c(F)c2CC1. The number of amides is 1. The lowest BCUT2D eigenvalue weighted by Crippen LogP contribution is -2.31. The summed E-state index contributed by atoms with van der Waals surface area (Å²) in [5, 5.41) is 3.16. The van der Waals surface area contributed by atoms with Crippen LogP contribution < -0.4 is 19.1 Å². The summed E-state index contributed by atoms with van der Waals surface area (Å²) in [7, 11) is -0.767. The number of benzene rings is 1. The van der Waals surface area contributed by atoms with Crippen molar-refractivity contribution in [2.75, 3.05) is 51.6 Å². The zero-order valence-corrected chi connectivity index (χ0v) is 18.0. The maximum Gasteiger partial charge on any atom is 0.326 e. The number of rotatable bonds is 9. The standard InChI is InChI=1S/C19H28FN3O6S/c1-21-10-13-3-5-14-9-16(29-12-28-8-7-27-2)19(18(20)15(14)6-4-13)23-11-17(24)22-30(23,25)26/h9,13,21H,3-8,10-12H2,1-2H3,(H,22,24)/t13-/m0/s1. The van der Waals surface area contributed by atoms with Gasteiger partial charge in [0.2, 0.25) is 0 Å². The number of ether oxygens (including phenoxy) is 3. The van der Waals surface area contributed by atoms with Crippen LogP contribution in [0.2, 0.25) is 0 Å². The van der Waals surface area contributed by atoms with E-state index < -0.39 is 28.5 Å². The van der Waals surface area contributed by atoms with Gasteiger partial charge in [0.05, 0.1) is 13.2 Å². The molecule has 1 saturated heterocycles. The second kappa shape index (κ2) is 9.90. The molecule has 11 heteroatoms. The third kappa shape index (κ3) is 5.02. The second-order valence-electron chi connectivity index (χ2n) is 7.38. The molecule has 9 nitrogen and oxygen atoms in total. The zero-order chi connectivity index (χ0) is 21.7. The number of carbonyl (C=O) groups excluding carboxylic acids is 1. The summed E-state index contributed by atoms with van der Waals surface area (Å²) in [5.74, 6) is -0.952. The van der Waals surface area contributed by atoms with Crippen LogP contribution in [0.3, 0.4) is 0 Å². The number of methoxy groups -OCH3 is 1. The van der Waals surface area contributed by atoms with Crippen molar-refractivity contribution in [1.29, 1.82) is 0 Å². The Labute approximate surface area is 176 Å². The number of carbonyl (C=O) groups is 1. The van der Waals surface area contributed by atoms with E-state index in [0.29, 0.717) is 30.9 Å². The van der Waals surface area contributed by atoms with Gasteiger partial charge in [0, 0.05) is 7.11 Å². The van der Waals surface area contributed by atoms with Crippen LogP contribution in [0.25, 0.3) is 0 Å². The highest BCUT2D eigenvalue weighted by atomic mass is 32.2. The van der Waals surface area contributed by atoms with Gasteiger partial charge in [-0.1, -0.05) is 0 Å². The van der Waals surface area contributed by atoms with Gasteiger partial charge in [-0.3, -0.25) is 4.79 Å². The van der Waals surface area contributed by atoms with Gasteiger partial charge in [0.1, 0.15) is 18.0 Å². The Hall–Kier alpha value is -1.95. The van der Waals surface area contributed by atoms with Crippen LogP contribution in [-0.4, -0.2) is 61.6 Å². The van der Waals surface area contributed by atoms with Gasteiger partial charge in [0.25, 0.3) is 5.91 Å². The van der Waals surface area contributed by atoms with Gasteiger partial charge in [0.15, 0.2) is 12.6 Å². The van der Waals surface area contributed by atoms with E-state index in [1.54, 1.807) is 6.07 Å². The highest BCUT2D eigenvalue weighted by Gasteiger charge is 2.39. The first-order valence-electron chi connectivity index (χ1n) is 9.89. The normalized spacial score (nSPS) is 20.6. The highest BCUT2D eigenvalue weighted by molar-refractivity contribution is 7.92. The maximum absolute atomic E-state index is 15.7. The number of hydrogen-bond donors (Lipinski definition) is 2. The molecule has 0 aromatic heterocycles. The van der Waals surface area contributed by atoms with Crippen LogP contribution in [0.5, 0.6) is 5.75 Å². The molecule has 2 N–H and O–H groups in total. The minimum Gasteiger partial charge on any atom is -0.465 e. The molecule has 0 spiro atoms. The maximum atomic E-state index is 15.7. The topological polar surface area (TPSA) is 106 Å². The third-order valence-electron chi connectivity index (χ3n) is 5.32. The second-order valence-corrected chi connectivity index (χ2v) is 8.97. The summed E-state index contributed by atoms with van der Waals surface area (Å²) >= 11 is 0. The van der Waals surface area contributed by atoms with Crippen LogP contribution in [0.4, 0.5) is 10.1 Å². The number of hydrogen-bond acceptors (Lipinski definition) is 7. The molecule has 1 aliphatic heterocycles. The van der Waals surface area contributed by atoms with E-state index in [0.717, 1.165) is 29.3 Å². The van der Waals surface area contributed by atoms with E-state index in [4.69, 9.17) is 14.2 Å². The average molecular weight is 446 g/mol. The van der Waals surface area contributed by atoms with Crippen molar-refractivity contribution in [2.24, 2.45) is 5.92 Å². The Morgan fingerprint density at radius 2 is 2.07 bits per heavy atom. The van der Waals surface area contributed by atoms with Gasteiger partial charge in [-0.25, -0.2) is 13.4 Å². The fourth-order valence-corrected chi connectivity index (χ4v) is 5.00. The van der Waals surface area contributed by atoms with Crippen molar-refractivity contribution >= 4 is 21.8 Å². The summed E-state index contributed by atoms with van der Waals surface area (Å²) in [5.41, 5.74) is 1.01. The lowest BCUT2D eigenvalue weighted by atomic mass is 10.00. The molecule has 3 rings (SSSR count). The molecule has 1 heterocycles. The van der Waals surface area contributed by atoms with Gasteiger partial charge >= 0.3 is 10.2 Å². The fourth-order valence-electron chi connectivity index (χ4n) is 3.84. The summed E-state index contributed by atoms with van der Waals surface area (Å²) in [6.07, 6.45) is 2.82. The summed E-state index contributed by atoms with van der Waals surface area (Å²) in [4.78, 5) is 11.7. The minimum absolute atomic E-state index is 0.0378. The Morgan fingerprint density at radius 3 is 2.73 bits per heavy atom. The van der Waals surface area contributed by atoms with Crippen molar-refractivity contribution < 1.29 is 31.8 Å². The van der Waals surface area contributed by atoms with Crippen LogP contribution in [0, 0.1) is 11.7 Å². The molecule has 1 fully saturated rings. The minimum atomic E-state index is -4.19. The molecule has 0 unspecified atom stereocenters. The summed E-state index contributed by atoms with van der Waals surface area (Å²) in [6.45, 7) is 0.763. The largest absolute Gasteiger partial charge is 0.465 e. The first-order valence-corrected chi connectivity index (χ1v) is 11.3. The van der Waals surface area contributed by atoms with Gasteiger partial charge < -0.3 is 19.5 Å². The van der Waals surface area contributed by atoms with Crippen LogP contribution in [-0.2, 0) is 37.3 Å². The van der Waals surface area contributed by atoms with Gasteiger partial charge in [-0.05, 0) is 62.4 Å². The molecule has 0 bridgehead atoms. The number of anilines is 1. The van der Waals surface area contributed by atoms with Crippen molar-refractivity contribution in [3.05, 3.63) is 23.0 Å². The van der Waals surface area contributed by atoms with Crippen LogP contribution >= 0.6 is 0 Å². The van der Waals surface area contributed by atoms with E-state index in [1.807, 2.05) is 11.8 Å². The zero-order valence-electron chi connectivity index (χ0n) is 17.2. The highest BCUT2D eigenvalue weighted by Crippen LogP contribution is 2.40. The number of aryl methyl sites for hydroxylation is 1. The molecular weight excluding hydrogens is 417 g/mol. The van der Waals surface area contributed by atoms with E-state index in [2.05, 4.69) is 5.32 Å². The molecule has 2 aliphatic rings. The van der Waals surface area contributed by atoms with Gasteiger partial charge in [-0.2, -0.15) is 8.42 Å². The molecule has 1 aromatic rings. The van der Waals surface area contributed by atoms with Gasteiger partial charge in [-0.15, -0.1) is 0 Å². The summed E-state index contributed by atoms with van der Waals surface area (Å²) in [6, 6.07) is 1.67. The van der Waals surface area contributed by atoms with Crippen molar-refractivity contribution in [1.82, 2.24) is 10.0 Å². The van der Waals surface area contributed by atoms with E-state index >= 15 is 4.39 Å². The molecule has 1 amide bonds. The van der Waals surface area contributed by atoms with Crippen LogP contribution in [0.1, 0.15) is 24.0 Å². The number of nitrogens with zero attached hydrogens (tertiary/aromatic N) is 1. The number of fused-ring (bicyclic) bond motifs is 1. The van der Waals surface area contributed by atoms with Crippen molar-refractivity contribution in [3.63, 3.8) is 0 Å². The lowest BCUT2D eigenvalue weighted by molar-refractivity contribution is -0.117. The molecule has 30 heavy (non-hydrogen) atoms. The van der Waals surface area contributed by atoms with E-state index in [9.17, 15) is 13.2 Å².